The molecule has 0 aliphatic heterocycles. The molecule has 0 radical (unpaired) electrons. The first-order valence-electron chi connectivity index (χ1n) is 11.7. The molecule has 0 aliphatic carbocycles. The predicted octanol–water partition coefficient (Wildman–Crippen LogP) is 6.20. The van der Waals surface area contributed by atoms with Gasteiger partial charge in [0.05, 0.1) is 32.5 Å². The van der Waals surface area contributed by atoms with Crippen LogP contribution in [0.2, 0.25) is 0 Å². The van der Waals surface area contributed by atoms with E-state index in [9.17, 15) is 16.8 Å². The van der Waals surface area contributed by atoms with Crippen molar-refractivity contribution < 1.29 is 16.8 Å². The molecule has 0 amide bonds. The third-order valence-electron chi connectivity index (χ3n) is 5.32. The van der Waals surface area contributed by atoms with Crippen molar-refractivity contribution >= 4 is 87.1 Å². The van der Waals surface area contributed by atoms with Crippen LogP contribution in [0.25, 0.3) is 0 Å². The fourth-order valence-corrected chi connectivity index (χ4v) is 6.86. The lowest BCUT2D eigenvalue weighted by molar-refractivity contribution is 0.599. The van der Waals surface area contributed by atoms with E-state index in [1.165, 1.54) is 73.1 Å². The van der Waals surface area contributed by atoms with Crippen LogP contribution in [0.1, 0.15) is 0 Å². The van der Waals surface area contributed by atoms with E-state index in [1.54, 1.807) is 10.8 Å². The van der Waals surface area contributed by atoms with Crippen LogP contribution in [0.4, 0.5) is 44.4 Å². The van der Waals surface area contributed by atoms with Gasteiger partial charge < -0.3 is 11.5 Å². The monoisotopic (exact) mass is 640 g/mol. The molecule has 18 heteroatoms. The molecule has 6 N–H and O–H groups in total. The Morgan fingerprint density at radius 1 is 0.595 bits per heavy atom. The van der Waals surface area contributed by atoms with Crippen molar-refractivity contribution in [2.75, 3.05) is 20.9 Å². The Labute approximate surface area is 248 Å². The number of nitrogens with one attached hydrogen (secondary N) is 2. The van der Waals surface area contributed by atoms with E-state index >= 15 is 0 Å². The van der Waals surface area contributed by atoms with Gasteiger partial charge in [-0.25, -0.2) is 26.8 Å². The average Bonchev–Trinajstić information content (AvgIpc) is 3.66. The number of hydrogen-bond acceptors (Lipinski definition) is 14. The van der Waals surface area contributed by atoms with E-state index in [-0.39, 0.29) is 42.8 Å². The van der Waals surface area contributed by atoms with Crippen molar-refractivity contribution in [3.63, 3.8) is 0 Å². The largest absolute Gasteiger partial charge is 0.397 e. The fraction of sp³-hybridized carbons (Fsp3) is 0. The Kier molecular flexibility index (Phi) is 8.20. The van der Waals surface area contributed by atoms with Crippen molar-refractivity contribution in [1.29, 1.82) is 0 Å². The highest BCUT2D eigenvalue weighted by Gasteiger charge is 2.16. The van der Waals surface area contributed by atoms with E-state index in [4.69, 9.17) is 11.5 Å². The van der Waals surface area contributed by atoms with Gasteiger partial charge in [-0.2, -0.15) is 10.2 Å². The topological polar surface area (TPSA) is 220 Å². The van der Waals surface area contributed by atoms with Crippen molar-refractivity contribution in [1.82, 2.24) is 9.97 Å². The lowest BCUT2D eigenvalue weighted by Crippen LogP contribution is -2.12. The Hall–Kier alpha value is -4.78. The van der Waals surface area contributed by atoms with Gasteiger partial charge in [0, 0.05) is 23.2 Å². The summed E-state index contributed by atoms with van der Waals surface area (Å²) in [5.41, 5.74) is 13.8. The number of nitrogen functional groups attached to an aromatic ring is 2. The molecule has 0 saturated carbocycles. The predicted molar refractivity (Wildman–Crippen MR) is 162 cm³/mol. The molecule has 2 heterocycles. The lowest BCUT2D eigenvalue weighted by atomic mass is 10.2. The van der Waals surface area contributed by atoms with E-state index in [0.29, 0.717) is 11.4 Å². The number of aromatic nitrogens is 2. The van der Waals surface area contributed by atoms with Gasteiger partial charge >= 0.3 is 0 Å². The second-order valence-corrected chi connectivity index (χ2v) is 13.4. The highest BCUT2D eigenvalue weighted by atomic mass is 32.2. The summed E-state index contributed by atoms with van der Waals surface area (Å²) >= 11 is 2.33. The number of azo groups is 2. The number of nitrogens with zero attached hydrogens (tertiary/aromatic N) is 6. The highest BCUT2D eigenvalue weighted by Crippen LogP contribution is 2.35. The van der Waals surface area contributed by atoms with E-state index in [1.807, 2.05) is 0 Å². The van der Waals surface area contributed by atoms with Crippen LogP contribution in [0.3, 0.4) is 0 Å². The molecule has 0 atom stereocenters. The van der Waals surface area contributed by atoms with Gasteiger partial charge in [0.25, 0.3) is 20.0 Å². The summed E-state index contributed by atoms with van der Waals surface area (Å²) in [7, 11) is -7.60. The first-order valence-corrected chi connectivity index (χ1v) is 16.4. The van der Waals surface area contributed by atoms with Crippen LogP contribution < -0.4 is 20.9 Å². The summed E-state index contributed by atoms with van der Waals surface area (Å²) in [6, 6.07) is 14.5. The maximum atomic E-state index is 12.5. The second kappa shape index (κ2) is 12.0. The number of anilines is 4. The number of rotatable bonds is 10. The van der Waals surface area contributed by atoms with Crippen LogP contribution in [0.15, 0.2) is 114 Å². The van der Waals surface area contributed by atoms with Gasteiger partial charge in [-0.05, 0) is 60.7 Å². The highest BCUT2D eigenvalue weighted by molar-refractivity contribution is 7.93. The molecule has 214 valence electrons. The number of sulfonamides is 2. The Morgan fingerprint density at radius 2 is 1.00 bits per heavy atom. The molecule has 0 aliphatic rings. The maximum absolute atomic E-state index is 12.5. The molecule has 2 aromatic heterocycles. The summed E-state index contributed by atoms with van der Waals surface area (Å²) < 4.78 is 54.8. The molecule has 3 aromatic carbocycles. The van der Waals surface area contributed by atoms with Crippen LogP contribution >= 0.6 is 22.7 Å². The first-order chi connectivity index (χ1) is 20.1. The quantitative estimate of drug-likeness (QED) is 0.101. The van der Waals surface area contributed by atoms with Crippen LogP contribution in [0, 0.1) is 0 Å². The minimum atomic E-state index is -3.80. The molecular formula is C24H20N10O4S4. The minimum Gasteiger partial charge on any atom is -0.397 e. The molecule has 0 fully saturated rings. The summed E-state index contributed by atoms with van der Waals surface area (Å²) in [6.45, 7) is 0. The standard InChI is InChI=1S/C24H20N10O4S4/c25-19-13-20(26)22(32-30-16-3-7-18(8-4-16)42(37,38)34-24-28-10-12-40-24)14-21(19)31-29-15-1-5-17(6-2-15)41(35,36)33-23-27-9-11-39-23/h1-14H,25-26H2,(H,27,33)(H,28,34). The second-order valence-electron chi connectivity index (χ2n) is 8.24. The summed E-state index contributed by atoms with van der Waals surface area (Å²) in [4.78, 5) is 7.90. The minimum absolute atomic E-state index is 0.0350. The van der Waals surface area contributed by atoms with Gasteiger partial charge in [0.15, 0.2) is 10.3 Å². The van der Waals surface area contributed by atoms with E-state index in [2.05, 4.69) is 39.9 Å². The molecular weight excluding hydrogens is 621 g/mol. The number of thiazole rings is 2. The van der Waals surface area contributed by atoms with Gasteiger partial charge in [-0.3, -0.25) is 9.44 Å². The zero-order valence-corrected chi connectivity index (χ0v) is 24.5. The summed E-state index contributed by atoms with van der Waals surface area (Å²) in [5.74, 6) is 0. The van der Waals surface area contributed by atoms with Gasteiger partial charge in [-0.1, -0.05) is 0 Å². The fourth-order valence-electron chi connectivity index (χ4n) is 3.29. The zero-order chi connectivity index (χ0) is 29.7. The van der Waals surface area contributed by atoms with E-state index < -0.39 is 20.0 Å². The third kappa shape index (κ3) is 6.92. The van der Waals surface area contributed by atoms with Crippen LogP contribution in [-0.2, 0) is 20.0 Å². The smallest absolute Gasteiger partial charge is 0.263 e. The van der Waals surface area contributed by atoms with Gasteiger partial charge in [-0.15, -0.1) is 32.9 Å². The van der Waals surface area contributed by atoms with E-state index in [0.717, 1.165) is 22.7 Å². The van der Waals surface area contributed by atoms with Gasteiger partial charge in [0.2, 0.25) is 0 Å². The normalized spacial score (nSPS) is 12.2. The number of nitrogens with two attached hydrogens (primary N) is 2. The maximum Gasteiger partial charge on any atom is 0.263 e. The Morgan fingerprint density at radius 3 is 1.36 bits per heavy atom. The Bertz CT molecular complexity index is 1820. The molecule has 0 saturated heterocycles. The number of hydrogen-bond donors (Lipinski definition) is 4. The van der Waals surface area contributed by atoms with Gasteiger partial charge in [0.1, 0.15) is 11.4 Å². The summed E-state index contributed by atoms with van der Waals surface area (Å²) in [6.07, 6.45) is 3.00. The SMILES string of the molecule is Nc1cc(N)c(N=Nc2ccc(S(=O)(=O)Nc3nccs3)cc2)cc1N=Nc1ccc(S(=O)(=O)Nc2nccs2)cc1. The molecule has 0 bridgehead atoms. The molecule has 42 heavy (non-hydrogen) atoms. The molecule has 5 rings (SSSR count). The lowest BCUT2D eigenvalue weighted by Gasteiger charge is -2.06. The van der Waals surface area contributed by atoms with Crippen molar-refractivity contribution in [3.05, 3.63) is 83.8 Å². The van der Waals surface area contributed by atoms with Crippen molar-refractivity contribution in [2.45, 2.75) is 9.79 Å². The first kappa shape index (κ1) is 28.7. The average molecular weight is 641 g/mol. The van der Waals surface area contributed by atoms with Crippen LogP contribution in [-0.4, -0.2) is 26.8 Å². The molecule has 0 unspecified atom stereocenters. The molecule has 14 nitrogen and oxygen atoms in total. The zero-order valence-electron chi connectivity index (χ0n) is 21.2. The molecule has 5 aromatic rings. The third-order valence-corrected chi connectivity index (χ3v) is 9.67. The van der Waals surface area contributed by atoms with Crippen molar-refractivity contribution in [3.8, 4) is 0 Å². The summed E-state index contributed by atoms with van der Waals surface area (Å²) in [5, 5.41) is 20.4. The molecule has 0 spiro atoms. The number of benzene rings is 3. The van der Waals surface area contributed by atoms with Crippen molar-refractivity contribution in [2.24, 2.45) is 20.5 Å². The van der Waals surface area contributed by atoms with Crippen LogP contribution in [0.5, 0.6) is 0 Å². The Balaban J connectivity index is 1.28.